The number of benzene rings is 1. The number of nitrogens with one attached hydrogen (secondary N) is 1. The number of hydrogen-bond acceptors (Lipinski definition) is 3. The monoisotopic (exact) mass is 328 g/mol. The molecule has 118 valence electrons. The van der Waals surface area contributed by atoms with Crippen LogP contribution in [0.2, 0.25) is 0 Å². The van der Waals surface area contributed by atoms with E-state index in [2.05, 4.69) is 10.4 Å². The van der Waals surface area contributed by atoms with E-state index in [9.17, 15) is 13.6 Å². The van der Waals surface area contributed by atoms with E-state index in [1.807, 2.05) is 0 Å². The molecule has 0 bridgehead atoms. The van der Waals surface area contributed by atoms with Crippen LogP contribution < -0.4 is 11.0 Å². The summed E-state index contributed by atoms with van der Waals surface area (Å²) in [7, 11) is 0. The minimum Gasteiger partial charge on any atom is -0.312 e. The number of nitrogens with zero attached hydrogens (tertiary/aromatic N) is 3. The van der Waals surface area contributed by atoms with Crippen LogP contribution >= 0.6 is 12.4 Å². The average Bonchev–Trinajstić information content (AvgIpc) is 2.89. The molecule has 1 fully saturated rings. The average molecular weight is 329 g/mol. The van der Waals surface area contributed by atoms with Gasteiger partial charge in [-0.05, 0) is 24.1 Å². The molecule has 2 aliphatic rings. The van der Waals surface area contributed by atoms with E-state index in [1.54, 1.807) is 4.57 Å². The van der Waals surface area contributed by atoms with Gasteiger partial charge in [-0.1, -0.05) is 0 Å². The lowest BCUT2D eigenvalue weighted by molar-refractivity contribution is 0.305. The summed E-state index contributed by atoms with van der Waals surface area (Å²) in [5.74, 6) is -0.550. The summed E-state index contributed by atoms with van der Waals surface area (Å²) in [6, 6.07) is 3.17. The minimum atomic E-state index is -0.623. The Kier molecular flexibility index (Phi) is 3.78. The molecule has 0 aliphatic carbocycles. The first-order valence-corrected chi connectivity index (χ1v) is 7.00. The van der Waals surface area contributed by atoms with Crippen LogP contribution in [0.1, 0.15) is 29.9 Å². The molecule has 4 rings (SSSR count). The van der Waals surface area contributed by atoms with Crippen LogP contribution in [-0.4, -0.2) is 27.4 Å². The Morgan fingerprint density at radius 1 is 1.18 bits per heavy atom. The second kappa shape index (κ2) is 5.48. The Labute approximate surface area is 131 Å². The minimum absolute atomic E-state index is 0. The van der Waals surface area contributed by atoms with E-state index in [4.69, 9.17) is 0 Å². The van der Waals surface area contributed by atoms with Crippen molar-refractivity contribution in [3.8, 4) is 0 Å². The first-order valence-electron chi connectivity index (χ1n) is 7.00. The number of hydrogen-bond donors (Lipinski definition) is 1. The van der Waals surface area contributed by atoms with Crippen LogP contribution in [0.4, 0.5) is 8.78 Å². The van der Waals surface area contributed by atoms with E-state index >= 15 is 0 Å². The van der Waals surface area contributed by atoms with Crippen molar-refractivity contribution in [1.29, 1.82) is 0 Å². The molecule has 22 heavy (non-hydrogen) atoms. The van der Waals surface area contributed by atoms with Crippen molar-refractivity contribution in [1.82, 2.24) is 19.7 Å². The molecule has 0 saturated carbocycles. The number of rotatable bonds is 2. The number of fused-ring (bicyclic) bond motifs is 1. The molecule has 8 heteroatoms. The zero-order chi connectivity index (χ0) is 14.6. The van der Waals surface area contributed by atoms with Gasteiger partial charge < -0.3 is 5.32 Å². The van der Waals surface area contributed by atoms with Gasteiger partial charge in [0.15, 0.2) is 0 Å². The van der Waals surface area contributed by atoms with E-state index < -0.39 is 11.6 Å². The summed E-state index contributed by atoms with van der Waals surface area (Å²) < 4.78 is 29.9. The lowest BCUT2D eigenvalue weighted by Crippen LogP contribution is -2.47. The van der Waals surface area contributed by atoms with Crippen molar-refractivity contribution >= 4 is 12.4 Å². The Balaban J connectivity index is 0.00000144. The van der Waals surface area contributed by atoms with Gasteiger partial charge in [-0.15, -0.1) is 12.4 Å². The van der Waals surface area contributed by atoms with Crippen molar-refractivity contribution < 1.29 is 8.78 Å². The summed E-state index contributed by atoms with van der Waals surface area (Å²) in [5, 5.41) is 7.47. The smallest absolute Gasteiger partial charge is 0.312 e. The maximum Gasteiger partial charge on any atom is 0.346 e. The predicted molar refractivity (Wildman–Crippen MR) is 78.5 cm³/mol. The third-order valence-electron chi connectivity index (χ3n) is 4.23. The first-order chi connectivity index (χ1) is 10.1. The molecule has 1 aromatic carbocycles. The highest BCUT2D eigenvalue weighted by Crippen LogP contribution is 2.30. The summed E-state index contributed by atoms with van der Waals surface area (Å²) >= 11 is 0. The second-order valence-electron chi connectivity index (χ2n) is 5.58. The molecule has 1 N–H and O–H groups in total. The van der Waals surface area contributed by atoms with Crippen molar-refractivity contribution in [3.05, 3.63) is 51.7 Å². The molecule has 1 aromatic heterocycles. The molecule has 0 amide bonds. The van der Waals surface area contributed by atoms with Gasteiger partial charge >= 0.3 is 5.69 Å². The maximum absolute atomic E-state index is 13.4. The van der Waals surface area contributed by atoms with Gasteiger partial charge in [-0.25, -0.2) is 18.3 Å². The zero-order valence-corrected chi connectivity index (χ0v) is 12.4. The molecule has 0 unspecified atom stereocenters. The standard InChI is InChI=1S/C14H14F2N4O.ClH/c15-9-3-8(4-10(16)5-9)12-1-2-13-18-20(11-6-17-7-11)14(21)19(12)13;/h3-5,11-12,17H,1-2,6-7H2;1H/t12-;/m0./s1. The molecule has 2 aromatic rings. The Bertz CT molecular complexity index is 748. The SMILES string of the molecule is Cl.O=c1n(C2CNC2)nc2n1[C@H](c1cc(F)cc(F)c1)CC2. The first kappa shape index (κ1) is 15.2. The third-order valence-corrected chi connectivity index (χ3v) is 4.23. The van der Waals surface area contributed by atoms with Crippen molar-refractivity contribution in [2.45, 2.75) is 24.9 Å². The predicted octanol–water partition coefficient (Wildman–Crippen LogP) is 1.42. The number of aryl methyl sites for hydroxylation is 1. The van der Waals surface area contributed by atoms with Crippen LogP contribution in [0.25, 0.3) is 0 Å². The Morgan fingerprint density at radius 3 is 2.45 bits per heavy atom. The van der Waals surface area contributed by atoms with E-state index in [1.165, 1.54) is 16.8 Å². The summed E-state index contributed by atoms with van der Waals surface area (Å²) in [5.41, 5.74) is 0.295. The molecule has 3 heterocycles. The molecule has 1 saturated heterocycles. The Hall–Kier alpha value is -1.73. The number of aromatic nitrogens is 3. The van der Waals surface area contributed by atoms with Crippen molar-refractivity contribution in [3.63, 3.8) is 0 Å². The number of halogens is 3. The van der Waals surface area contributed by atoms with E-state index in [0.29, 0.717) is 24.2 Å². The summed E-state index contributed by atoms with van der Waals surface area (Å²) in [4.78, 5) is 12.5. The molecule has 1 atom stereocenters. The van der Waals surface area contributed by atoms with Crippen LogP contribution in [0.3, 0.4) is 0 Å². The van der Waals surface area contributed by atoms with Crippen LogP contribution in [0.15, 0.2) is 23.0 Å². The normalized spacial score (nSPS) is 20.4. The lowest BCUT2D eigenvalue weighted by Gasteiger charge is -2.26. The van der Waals surface area contributed by atoms with Crippen LogP contribution in [-0.2, 0) is 6.42 Å². The van der Waals surface area contributed by atoms with Gasteiger partial charge in [-0.3, -0.25) is 4.57 Å². The zero-order valence-electron chi connectivity index (χ0n) is 11.6. The molecule has 0 radical (unpaired) electrons. The van der Waals surface area contributed by atoms with Gasteiger partial charge in [0.1, 0.15) is 17.5 Å². The van der Waals surface area contributed by atoms with Crippen molar-refractivity contribution in [2.24, 2.45) is 0 Å². The van der Waals surface area contributed by atoms with Gasteiger partial charge in [0.25, 0.3) is 0 Å². The third kappa shape index (κ3) is 2.24. The lowest BCUT2D eigenvalue weighted by atomic mass is 10.0. The fourth-order valence-electron chi connectivity index (χ4n) is 3.08. The maximum atomic E-state index is 13.4. The molecular formula is C14H15ClF2N4O. The molecular weight excluding hydrogens is 314 g/mol. The topological polar surface area (TPSA) is 51.9 Å². The highest BCUT2D eigenvalue weighted by Gasteiger charge is 2.32. The molecule has 2 aliphatic heterocycles. The summed E-state index contributed by atoms with van der Waals surface area (Å²) in [6.07, 6.45) is 1.29. The molecule has 0 spiro atoms. The Morgan fingerprint density at radius 2 is 1.86 bits per heavy atom. The van der Waals surface area contributed by atoms with Crippen LogP contribution in [0, 0.1) is 11.6 Å². The second-order valence-corrected chi connectivity index (χ2v) is 5.58. The van der Waals surface area contributed by atoms with E-state index in [-0.39, 0.29) is 30.2 Å². The summed E-state index contributed by atoms with van der Waals surface area (Å²) in [6.45, 7) is 1.46. The van der Waals surface area contributed by atoms with Gasteiger partial charge in [-0.2, -0.15) is 5.10 Å². The van der Waals surface area contributed by atoms with Crippen LogP contribution in [0.5, 0.6) is 0 Å². The van der Waals surface area contributed by atoms with Gasteiger partial charge in [0.05, 0.1) is 12.1 Å². The van der Waals surface area contributed by atoms with Crippen molar-refractivity contribution in [2.75, 3.05) is 13.1 Å². The largest absolute Gasteiger partial charge is 0.346 e. The van der Waals surface area contributed by atoms with E-state index in [0.717, 1.165) is 19.2 Å². The van der Waals surface area contributed by atoms with Gasteiger partial charge in [0.2, 0.25) is 0 Å². The fourth-order valence-corrected chi connectivity index (χ4v) is 3.08. The highest BCUT2D eigenvalue weighted by molar-refractivity contribution is 5.85. The highest BCUT2D eigenvalue weighted by atomic mass is 35.5. The van der Waals surface area contributed by atoms with Gasteiger partial charge in [0, 0.05) is 25.6 Å². The fraction of sp³-hybridized carbons (Fsp3) is 0.429. The quantitative estimate of drug-likeness (QED) is 0.907. The molecule has 5 nitrogen and oxygen atoms in total.